The summed E-state index contributed by atoms with van der Waals surface area (Å²) >= 11 is 0. The van der Waals surface area contributed by atoms with Crippen LogP contribution in [0.25, 0.3) is 0 Å². The second kappa shape index (κ2) is 5.82. The molecule has 1 heterocycles. The van der Waals surface area contributed by atoms with Crippen molar-refractivity contribution in [3.05, 3.63) is 0 Å². The highest BCUT2D eigenvalue weighted by Crippen LogP contribution is 2.07. The van der Waals surface area contributed by atoms with Gasteiger partial charge >= 0.3 is 0 Å². The highest BCUT2D eigenvalue weighted by molar-refractivity contribution is 7.91. The number of hydrogen-bond donors (Lipinski definition) is 1. The quantitative estimate of drug-likeness (QED) is 0.733. The van der Waals surface area contributed by atoms with Crippen LogP contribution in [0.1, 0.15) is 20.3 Å². The lowest BCUT2D eigenvalue weighted by molar-refractivity contribution is 0.166. The molecule has 1 N–H and O–H groups in total. The molecule has 90 valence electrons. The lowest BCUT2D eigenvalue weighted by atomic mass is 10.1. The molecule has 0 radical (unpaired) electrons. The fourth-order valence-electron chi connectivity index (χ4n) is 1.90. The van der Waals surface area contributed by atoms with Crippen LogP contribution >= 0.6 is 0 Å². The average Bonchev–Trinajstić information content (AvgIpc) is 2.27. The first kappa shape index (κ1) is 12.9. The van der Waals surface area contributed by atoms with E-state index in [1.807, 2.05) is 0 Å². The molecule has 1 unspecified atom stereocenters. The number of hydrogen-bond acceptors (Lipinski definition) is 4. The molecule has 0 aromatic heterocycles. The largest absolute Gasteiger partial charge is 0.314 e. The first-order chi connectivity index (χ1) is 7.09. The van der Waals surface area contributed by atoms with Crippen LogP contribution in [-0.4, -0.2) is 57.0 Å². The van der Waals surface area contributed by atoms with E-state index in [0.717, 1.165) is 26.1 Å². The summed E-state index contributed by atoms with van der Waals surface area (Å²) in [4.78, 5) is 2.30. The maximum atomic E-state index is 11.4. The van der Waals surface area contributed by atoms with Gasteiger partial charge in [0.1, 0.15) is 0 Å². The van der Waals surface area contributed by atoms with Crippen LogP contribution in [0.2, 0.25) is 0 Å². The molecule has 1 saturated heterocycles. The van der Waals surface area contributed by atoms with Gasteiger partial charge in [-0.15, -0.1) is 0 Å². The SMILES string of the molecule is CCC1CNCCN1CCS(=O)(=O)CC. The molecule has 0 saturated carbocycles. The molecule has 1 rings (SSSR count). The van der Waals surface area contributed by atoms with Crippen LogP contribution in [0.5, 0.6) is 0 Å². The summed E-state index contributed by atoms with van der Waals surface area (Å²) in [5.41, 5.74) is 0. The van der Waals surface area contributed by atoms with Crippen molar-refractivity contribution in [3.8, 4) is 0 Å². The van der Waals surface area contributed by atoms with E-state index >= 15 is 0 Å². The van der Waals surface area contributed by atoms with Crippen molar-refractivity contribution < 1.29 is 8.42 Å². The van der Waals surface area contributed by atoms with Gasteiger partial charge in [-0.1, -0.05) is 13.8 Å². The topological polar surface area (TPSA) is 49.4 Å². The predicted molar refractivity (Wildman–Crippen MR) is 62.8 cm³/mol. The average molecular weight is 234 g/mol. The summed E-state index contributed by atoms with van der Waals surface area (Å²) in [6.45, 7) is 7.49. The molecular weight excluding hydrogens is 212 g/mol. The summed E-state index contributed by atoms with van der Waals surface area (Å²) in [6, 6.07) is 0.505. The third kappa shape index (κ3) is 4.09. The zero-order chi connectivity index (χ0) is 11.3. The van der Waals surface area contributed by atoms with E-state index in [-0.39, 0.29) is 5.75 Å². The van der Waals surface area contributed by atoms with Crippen LogP contribution in [-0.2, 0) is 9.84 Å². The summed E-state index contributed by atoms with van der Waals surface area (Å²) < 4.78 is 22.8. The smallest absolute Gasteiger partial charge is 0.151 e. The Morgan fingerprint density at radius 2 is 2.13 bits per heavy atom. The van der Waals surface area contributed by atoms with Crippen molar-refractivity contribution in [3.63, 3.8) is 0 Å². The number of piperazine rings is 1. The van der Waals surface area contributed by atoms with Crippen molar-refractivity contribution in [2.45, 2.75) is 26.3 Å². The Labute approximate surface area is 93.0 Å². The molecule has 1 atom stereocenters. The van der Waals surface area contributed by atoms with Gasteiger partial charge in [-0.25, -0.2) is 8.42 Å². The second-order valence-electron chi connectivity index (χ2n) is 4.04. The third-order valence-electron chi connectivity index (χ3n) is 3.07. The maximum absolute atomic E-state index is 11.4. The van der Waals surface area contributed by atoms with Gasteiger partial charge in [0.25, 0.3) is 0 Å². The fraction of sp³-hybridized carbons (Fsp3) is 1.00. The lowest BCUT2D eigenvalue weighted by Gasteiger charge is -2.35. The number of sulfone groups is 1. The zero-order valence-electron chi connectivity index (χ0n) is 9.70. The Kier molecular flexibility index (Phi) is 5.02. The van der Waals surface area contributed by atoms with E-state index in [0.29, 0.717) is 18.3 Å². The number of nitrogens with one attached hydrogen (secondary N) is 1. The Balaban J connectivity index is 2.42. The Bertz CT molecular complexity index is 277. The highest BCUT2D eigenvalue weighted by atomic mass is 32.2. The van der Waals surface area contributed by atoms with Crippen LogP contribution < -0.4 is 5.32 Å². The van der Waals surface area contributed by atoms with Crippen LogP contribution in [0, 0.1) is 0 Å². The Morgan fingerprint density at radius 3 is 2.73 bits per heavy atom. The molecule has 0 aromatic rings. The van der Waals surface area contributed by atoms with Crippen molar-refractivity contribution in [2.75, 3.05) is 37.7 Å². The molecule has 1 aliphatic rings. The normalized spacial score (nSPS) is 24.3. The van der Waals surface area contributed by atoms with Crippen molar-refractivity contribution >= 4 is 9.84 Å². The molecule has 0 bridgehead atoms. The molecule has 0 aromatic carbocycles. The molecule has 5 heteroatoms. The third-order valence-corrected chi connectivity index (χ3v) is 4.76. The predicted octanol–water partition coefficient (Wildman–Crippen LogP) is 0.105. The molecule has 1 aliphatic heterocycles. The molecule has 4 nitrogen and oxygen atoms in total. The Hall–Kier alpha value is -0.130. The van der Waals surface area contributed by atoms with E-state index in [9.17, 15) is 8.42 Å². The van der Waals surface area contributed by atoms with Gasteiger partial charge < -0.3 is 5.32 Å². The molecule has 1 fully saturated rings. The van der Waals surface area contributed by atoms with Crippen molar-refractivity contribution in [1.29, 1.82) is 0 Å². The van der Waals surface area contributed by atoms with Crippen LogP contribution in [0.15, 0.2) is 0 Å². The first-order valence-corrected chi connectivity index (χ1v) is 7.56. The Morgan fingerprint density at radius 1 is 1.40 bits per heavy atom. The van der Waals surface area contributed by atoms with Crippen LogP contribution in [0.4, 0.5) is 0 Å². The second-order valence-corrected chi connectivity index (χ2v) is 6.51. The van der Waals surface area contributed by atoms with Gasteiger partial charge in [0.2, 0.25) is 0 Å². The van der Waals surface area contributed by atoms with E-state index < -0.39 is 9.84 Å². The van der Waals surface area contributed by atoms with Crippen molar-refractivity contribution in [2.24, 2.45) is 0 Å². The van der Waals surface area contributed by atoms with Gasteiger partial charge in [-0.3, -0.25) is 4.90 Å². The highest BCUT2D eigenvalue weighted by Gasteiger charge is 2.21. The summed E-state index contributed by atoms with van der Waals surface area (Å²) in [6.07, 6.45) is 1.08. The number of nitrogens with zero attached hydrogens (tertiary/aromatic N) is 1. The monoisotopic (exact) mass is 234 g/mol. The zero-order valence-corrected chi connectivity index (χ0v) is 10.5. The lowest BCUT2D eigenvalue weighted by Crippen LogP contribution is -2.52. The van der Waals surface area contributed by atoms with Crippen molar-refractivity contribution in [1.82, 2.24) is 10.2 Å². The van der Waals surface area contributed by atoms with Gasteiger partial charge in [-0.2, -0.15) is 0 Å². The van der Waals surface area contributed by atoms with Crippen LogP contribution in [0.3, 0.4) is 0 Å². The van der Waals surface area contributed by atoms with E-state index in [2.05, 4.69) is 17.1 Å². The standard InChI is InChI=1S/C10H22N2O2S/c1-3-10-9-11-5-6-12(10)7-8-15(13,14)4-2/h10-11H,3-9H2,1-2H3. The van der Waals surface area contributed by atoms with Gasteiger partial charge in [-0.05, 0) is 6.42 Å². The van der Waals surface area contributed by atoms with E-state index in [1.165, 1.54) is 0 Å². The fourth-order valence-corrected chi connectivity index (χ4v) is 2.70. The van der Waals surface area contributed by atoms with Gasteiger partial charge in [0.15, 0.2) is 9.84 Å². The molecule has 0 aliphatic carbocycles. The summed E-state index contributed by atoms with van der Waals surface area (Å²) in [5, 5.41) is 3.34. The minimum Gasteiger partial charge on any atom is -0.314 e. The van der Waals surface area contributed by atoms with Gasteiger partial charge in [0, 0.05) is 38.0 Å². The number of rotatable bonds is 5. The molecule has 15 heavy (non-hydrogen) atoms. The summed E-state index contributed by atoms with van der Waals surface area (Å²) in [7, 11) is -2.81. The maximum Gasteiger partial charge on any atom is 0.151 e. The molecule has 0 spiro atoms. The molecule has 0 amide bonds. The first-order valence-electron chi connectivity index (χ1n) is 5.74. The van der Waals surface area contributed by atoms with E-state index in [1.54, 1.807) is 6.92 Å². The van der Waals surface area contributed by atoms with Gasteiger partial charge in [0.05, 0.1) is 5.75 Å². The van der Waals surface area contributed by atoms with E-state index in [4.69, 9.17) is 0 Å². The molecular formula is C10H22N2O2S. The summed E-state index contributed by atoms with van der Waals surface area (Å²) in [5.74, 6) is 0.565. The minimum atomic E-state index is -2.81. The minimum absolute atomic E-state index is 0.260.